The Morgan fingerprint density at radius 1 is 0.611 bits per heavy atom. The number of alkyl halides is 3. The molecule has 8 rings (SSSR count). The van der Waals surface area contributed by atoms with Gasteiger partial charge >= 0.3 is 6.18 Å². The first-order valence-electron chi connectivity index (χ1n) is 16.7. The molecule has 4 aromatic heterocycles. The first-order valence-corrected chi connectivity index (χ1v) is 16.7. The fourth-order valence-electron chi connectivity index (χ4n) is 5.39. The van der Waals surface area contributed by atoms with Gasteiger partial charge in [0, 0.05) is 43.4 Å². The standard InChI is InChI=1S/2C17H15N2.C9H5F3N3.Ir/c2*1-14-15(2)19(17-11-7-4-8-12-17)13-18(14)16-9-5-3-6-10-16;10-9(11,12)8-5-7(14-15-8)6-3-1-2-4-13-6;/h2*3-11H,1-2H3;1-5H;/q3*-1;. The average molecular weight is 899 g/mol. The van der Waals surface area contributed by atoms with Crippen LogP contribution in [0.1, 0.15) is 28.5 Å². The Hall–Kier alpha value is -5.90. The maximum Gasteiger partial charge on any atom is 0.431 e. The molecule has 0 N–H and O–H groups in total. The van der Waals surface area contributed by atoms with Gasteiger partial charge < -0.3 is 19.3 Å². The Morgan fingerprint density at radius 3 is 1.46 bits per heavy atom. The van der Waals surface area contributed by atoms with E-state index in [9.17, 15) is 13.2 Å². The molecule has 0 amide bonds. The first-order chi connectivity index (χ1) is 25.6. The monoisotopic (exact) mass is 899 g/mol. The number of pyridine rings is 1. The third-order valence-corrected chi connectivity index (χ3v) is 8.44. The van der Waals surface area contributed by atoms with Gasteiger partial charge in [0.05, 0.1) is 22.8 Å². The van der Waals surface area contributed by atoms with Crippen LogP contribution >= 0.6 is 0 Å². The molecule has 0 saturated carbocycles. The zero-order valence-electron chi connectivity index (χ0n) is 29.9. The number of benzene rings is 4. The largest absolute Gasteiger partial charge is 0.573 e. The van der Waals surface area contributed by atoms with Crippen LogP contribution in [-0.2, 0) is 26.3 Å². The van der Waals surface area contributed by atoms with Crippen LogP contribution in [-0.4, -0.2) is 19.2 Å². The van der Waals surface area contributed by atoms with E-state index in [0.29, 0.717) is 5.69 Å². The molecule has 11 heteroatoms. The molecule has 54 heavy (non-hydrogen) atoms. The second kappa shape index (κ2) is 17.7. The molecule has 0 spiro atoms. The Morgan fingerprint density at radius 2 is 1.07 bits per heavy atom. The normalized spacial score (nSPS) is 10.7. The summed E-state index contributed by atoms with van der Waals surface area (Å²) in [7, 11) is 0. The Labute approximate surface area is 326 Å². The van der Waals surface area contributed by atoms with E-state index in [4.69, 9.17) is 0 Å². The maximum absolute atomic E-state index is 12.2. The predicted octanol–water partition coefficient (Wildman–Crippen LogP) is 8.06. The molecule has 4 aromatic carbocycles. The molecule has 0 aliphatic carbocycles. The van der Waals surface area contributed by atoms with E-state index in [1.165, 1.54) is 29.0 Å². The molecule has 4 heterocycles. The van der Waals surface area contributed by atoms with E-state index >= 15 is 0 Å². The fourth-order valence-corrected chi connectivity index (χ4v) is 5.39. The van der Waals surface area contributed by atoms with Crippen LogP contribution in [0, 0.1) is 52.5 Å². The van der Waals surface area contributed by atoms with E-state index in [1.54, 1.807) is 18.2 Å². The zero-order chi connectivity index (χ0) is 37.4. The molecule has 0 aliphatic rings. The number of hydrogen-bond acceptors (Lipinski definition) is 2. The Balaban J connectivity index is 0.000000156. The van der Waals surface area contributed by atoms with Crippen molar-refractivity contribution >= 4 is 0 Å². The van der Waals surface area contributed by atoms with E-state index in [-0.39, 0.29) is 25.8 Å². The van der Waals surface area contributed by atoms with Crippen LogP contribution in [0.2, 0.25) is 0 Å². The molecule has 7 nitrogen and oxygen atoms in total. The van der Waals surface area contributed by atoms with Crippen molar-refractivity contribution in [3.05, 3.63) is 193 Å². The number of hydrogen-bond donors (Lipinski definition) is 0. The predicted molar refractivity (Wildman–Crippen MR) is 195 cm³/mol. The fraction of sp³-hybridized carbons (Fsp3) is 0.116. The molecule has 1 radical (unpaired) electrons. The van der Waals surface area contributed by atoms with Crippen LogP contribution in [0.4, 0.5) is 13.2 Å². The van der Waals surface area contributed by atoms with Gasteiger partial charge in [0.2, 0.25) is 0 Å². The van der Waals surface area contributed by atoms with Gasteiger partial charge in [-0.3, -0.25) is 14.1 Å². The van der Waals surface area contributed by atoms with Crippen molar-refractivity contribution < 1.29 is 42.4 Å². The maximum atomic E-state index is 12.2. The van der Waals surface area contributed by atoms with E-state index in [1.807, 2.05) is 94.1 Å². The Bertz CT molecular complexity index is 2110. The summed E-state index contributed by atoms with van der Waals surface area (Å²) in [5.41, 5.74) is 8.49. The minimum absolute atomic E-state index is 0. The molecule has 0 atom stereocenters. The van der Waals surface area contributed by atoms with Crippen LogP contribution in [0.5, 0.6) is 0 Å². The van der Waals surface area contributed by atoms with Crippen LogP contribution in [0.15, 0.2) is 140 Å². The molecule has 0 saturated heterocycles. The minimum atomic E-state index is -4.46. The molecule has 0 aliphatic heterocycles. The molecule has 275 valence electrons. The topological polar surface area (TPSA) is 57.5 Å². The van der Waals surface area contributed by atoms with Crippen molar-refractivity contribution in [2.45, 2.75) is 33.9 Å². The van der Waals surface area contributed by atoms with Crippen LogP contribution in [0.3, 0.4) is 0 Å². The first kappa shape index (κ1) is 39.3. The quantitative estimate of drug-likeness (QED) is 0.130. The second-order valence-corrected chi connectivity index (χ2v) is 11.9. The summed E-state index contributed by atoms with van der Waals surface area (Å²) in [5, 5.41) is 6.47. The summed E-state index contributed by atoms with van der Waals surface area (Å²) in [6.07, 6.45) is 3.79. The molecular weight excluding hydrogens is 864 g/mol. The van der Waals surface area contributed by atoms with Gasteiger partial charge in [0.1, 0.15) is 5.69 Å². The van der Waals surface area contributed by atoms with Gasteiger partial charge in [-0.2, -0.15) is 73.8 Å². The zero-order valence-corrected chi connectivity index (χ0v) is 32.3. The summed E-state index contributed by atoms with van der Waals surface area (Å²) < 4.78 is 44.8. The van der Waals surface area contributed by atoms with Gasteiger partial charge in [-0.05, 0) is 81.5 Å². The number of imidazole rings is 2. The summed E-state index contributed by atoms with van der Waals surface area (Å²) in [6.45, 7) is 8.43. The van der Waals surface area contributed by atoms with Gasteiger partial charge in [0.25, 0.3) is 12.7 Å². The van der Waals surface area contributed by atoms with Crippen LogP contribution in [0.25, 0.3) is 34.1 Å². The van der Waals surface area contributed by atoms with Gasteiger partial charge in [0.15, 0.2) is 0 Å². The summed E-state index contributed by atoms with van der Waals surface area (Å²) in [5.74, 6) is 0. The van der Waals surface area contributed by atoms with Gasteiger partial charge in [-0.1, -0.05) is 48.2 Å². The molecule has 8 aromatic rings. The van der Waals surface area contributed by atoms with Gasteiger partial charge in [-0.15, -0.1) is 0 Å². The molecule has 0 bridgehead atoms. The summed E-state index contributed by atoms with van der Waals surface area (Å²) in [4.78, 5) is 3.87. The number of para-hydroxylation sites is 4. The van der Waals surface area contributed by atoms with E-state index in [0.717, 1.165) is 28.8 Å². The Kier molecular flexibility index (Phi) is 12.9. The summed E-state index contributed by atoms with van der Waals surface area (Å²) >= 11 is 0. The summed E-state index contributed by atoms with van der Waals surface area (Å²) in [6, 6.07) is 48.7. The number of aromatic nitrogens is 7. The van der Waals surface area contributed by atoms with Gasteiger partial charge in [-0.25, -0.2) is 0 Å². The van der Waals surface area contributed by atoms with E-state index in [2.05, 4.69) is 101 Å². The van der Waals surface area contributed by atoms with Crippen LogP contribution < -0.4 is 14.2 Å². The number of nitrogens with zero attached hydrogens (tertiary/aromatic N) is 7. The smallest absolute Gasteiger partial charge is 0.431 e. The molecule has 0 unspecified atom stereocenters. The number of rotatable bonds is 5. The van der Waals surface area contributed by atoms with Crippen molar-refractivity contribution in [1.29, 1.82) is 0 Å². The van der Waals surface area contributed by atoms with Crippen molar-refractivity contribution in [3.63, 3.8) is 0 Å². The molecular formula is C43H35F3IrN7-3. The second-order valence-electron chi connectivity index (χ2n) is 11.9. The SMILES string of the molecule is Cc1c(C)[n+](-c2ccccc2)[c-]n1-c1[c-]cccc1.Cc1c(C)[n+](-c2ccccc2)[c-]n1-c1[c-]cccc1.FC(F)(F)c1cc(-c2ccccn2)[n-]n1.[Ir]. The van der Waals surface area contributed by atoms with Crippen molar-refractivity contribution in [2.75, 3.05) is 0 Å². The van der Waals surface area contributed by atoms with Crippen molar-refractivity contribution in [2.24, 2.45) is 0 Å². The third kappa shape index (κ3) is 9.17. The third-order valence-electron chi connectivity index (χ3n) is 8.44. The van der Waals surface area contributed by atoms with E-state index < -0.39 is 11.9 Å². The number of halogens is 3. The van der Waals surface area contributed by atoms with Crippen molar-refractivity contribution in [1.82, 2.24) is 24.3 Å². The minimum Gasteiger partial charge on any atom is -0.573 e. The average Bonchev–Trinajstić information content (AvgIpc) is 3.90. The van der Waals surface area contributed by atoms with Crippen molar-refractivity contribution in [3.8, 4) is 34.1 Å². The molecule has 0 fully saturated rings.